The maximum Gasteiger partial charge on any atom is 0.326 e. The van der Waals surface area contributed by atoms with Crippen LogP contribution in [-0.2, 0) is 20.3 Å². The Morgan fingerprint density at radius 2 is 1.90 bits per heavy atom. The molecule has 0 aliphatic carbocycles. The van der Waals surface area contributed by atoms with Crippen LogP contribution in [0.15, 0.2) is 0 Å². The molecule has 1 heterocycles. The molecule has 124 valence electrons. The van der Waals surface area contributed by atoms with Gasteiger partial charge in [-0.15, -0.1) is 0 Å². The highest BCUT2D eigenvalue weighted by atomic mass is 32.2. The SMILES string of the molecule is CCOC(=O)C(C)(CC(C)N1CCS(=O)CC1)NC(C)C. The van der Waals surface area contributed by atoms with Crippen molar-refractivity contribution < 1.29 is 13.7 Å². The highest BCUT2D eigenvalue weighted by Crippen LogP contribution is 2.20. The lowest BCUT2D eigenvalue weighted by Gasteiger charge is -2.38. The molecule has 1 fully saturated rings. The van der Waals surface area contributed by atoms with Crippen LogP contribution < -0.4 is 5.32 Å². The van der Waals surface area contributed by atoms with E-state index >= 15 is 0 Å². The molecule has 6 heteroatoms. The van der Waals surface area contributed by atoms with Crippen LogP contribution in [0.5, 0.6) is 0 Å². The number of rotatable bonds is 7. The van der Waals surface area contributed by atoms with E-state index in [0.717, 1.165) is 24.6 Å². The number of nitrogens with one attached hydrogen (secondary N) is 1. The monoisotopic (exact) mass is 318 g/mol. The summed E-state index contributed by atoms with van der Waals surface area (Å²) >= 11 is 0. The van der Waals surface area contributed by atoms with Crippen LogP contribution >= 0.6 is 0 Å². The van der Waals surface area contributed by atoms with Gasteiger partial charge in [0, 0.05) is 47.5 Å². The first-order valence-electron chi connectivity index (χ1n) is 7.82. The second-order valence-corrected chi connectivity index (χ2v) is 7.98. The van der Waals surface area contributed by atoms with E-state index in [1.807, 2.05) is 27.7 Å². The Balaban J connectivity index is 2.70. The molecule has 5 nitrogen and oxygen atoms in total. The van der Waals surface area contributed by atoms with Crippen molar-refractivity contribution in [3.05, 3.63) is 0 Å². The van der Waals surface area contributed by atoms with Crippen molar-refractivity contribution in [3.8, 4) is 0 Å². The van der Waals surface area contributed by atoms with Crippen molar-refractivity contribution in [2.45, 2.75) is 58.7 Å². The molecule has 1 N–H and O–H groups in total. The highest BCUT2D eigenvalue weighted by molar-refractivity contribution is 7.85. The van der Waals surface area contributed by atoms with Gasteiger partial charge >= 0.3 is 5.97 Å². The van der Waals surface area contributed by atoms with E-state index in [4.69, 9.17) is 4.74 Å². The number of carbonyl (C=O) groups excluding carboxylic acids is 1. The molecule has 0 spiro atoms. The Kier molecular flexibility index (Phi) is 7.30. The third kappa shape index (κ3) is 5.68. The molecule has 0 aromatic carbocycles. The second kappa shape index (κ2) is 8.25. The lowest BCUT2D eigenvalue weighted by molar-refractivity contribution is -0.151. The molecule has 1 rings (SSSR count). The van der Waals surface area contributed by atoms with E-state index in [2.05, 4.69) is 17.1 Å². The van der Waals surface area contributed by atoms with Gasteiger partial charge in [0.1, 0.15) is 5.54 Å². The van der Waals surface area contributed by atoms with Gasteiger partial charge in [-0.1, -0.05) is 0 Å². The fourth-order valence-electron chi connectivity index (χ4n) is 2.94. The van der Waals surface area contributed by atoms with E-state index in [9.17, 15) is 9.00 Å². The number of ether oxygens (including phenoxy) is 1. The molecule has 1 aliphatic heterocycles. The maximum absolute atomic E-state index is 12.3. The number of hydrogen-bond acceptors (Lipinski definition) is 5. The Morgan fingerprint density at radius 3 is 2.38 bits per heavy atom. The topological polar surface area (TPSA) is 58.6 Å². The molecule has 0 aromatic rings. The van der Waals surface area contributed by atoms with Crippen LogP contribution in [-0.4, -0.2) is 63.9 Å². The van der Waals surface area contributed by atoms with Gasteiger partial charge in [0.05, 0.1) is 6.61 Å². The molecular formula is C15H30N2O3S. The van der Waals surface area contributed by atoms with E-state index in [1.54, 1.807) is 0 Å². The van der Waals surface area contributed by atoms with Crippen LogP contribution in [0.4, 0.5) is 0 Å². The van der Waals surface area contributed by atoms with E-state index < -0.39 is 16.3 Å². The van der Waals surface area contributed by atoms with Crippen LogP contribution in [0.2, 0.25) is 0 Å². The summed E-state index contributed by atoms with van der Waals surface area (Å²) in [6, 6.07) is 0.462. The molecular weight excluding hydrogens is 288 g/mol. The van der Waals surface area contributed by atoms with Gasteiger partial charge in [-0.2, -0.15) is 0 Å². The molecule has 1 aliphatic rings. The predicted octanol–water partition coefficient (Wildman–Crippen LogP) is 1.15. The molecule has 2 atom stereocenters. The molecule has 1 saturated heterocycles. The normalized spacial score (nSPS) is 22.0. The number of carbonyl (C=O) groups is 1. The first-order valence-corrected chi connectivity index (χ1v) is 9.31. The second-order valence-electron chi connectivity index (χ2n) is 6.29. The summed E-state index contributed by atoms with van der Waals surface area (Å²) in [5.74, 6) is 1.28. The highest BCUT2D eigenvalue weighted by Gasteiger charge is 2.38. The first-order chi connectivity index (χ1) is 9.78. The van der Waals surface area contributed by atoms with Crippen molar-refractivity contribution in [2.24, 2.45) is 0 Å². The zero-order chi connectivity index (χ0) is 16.0. The number of hydrogen-bond donors (Lipinski definition) is 1. The average Bonchev–Trinajstić information content (AvgIpc) is 2.38. The fraction of sp³-hybridized carbons (Fsp3) is 0.933. The minimum atomic E-state index is -0.680. The zero-order valence-corrected chi connectivity index (χ0v) is 14.8. The van der Waals surface area contributed by atoms with E-state index in [1.165, 1.54) is 0 Å². The molecule has 0 saturated carbocycles. The Bertz CT molecular complexity index is 366. The molecule has 0 aromatic heterocycles. The quantitative estimate of drug-likeness (QED) is 0.714. The summed E-state index contributed by atoms with van der Waals surface area (Å²) in [6.07, 6.45) is 0.691. The lowest BCUT2D eigenvalue weighted by Crippen LogP contribution is -2.57. The largest absolute Gasteiger partial charge is 0.465 e. The molecule has 0 bridgehead atoms. The fourth-order valence-corrected chi connectivity index (χ4v) is 4.02. The van der Waals surface area contributed by atoms with Crippen molar-refractivity contribution >= 4 is 16.8 Å². The molecule has 21 heavy (non-hydrogen) atoms. The van der Waals surface area contributed by atoms with Gasteiger partial charge in [0.2, 0.25) is 0 Å². The lowest BCUT2D eigenvalue weighted by atomic mass is 9.92. The van der Waals surface area contributed by atoms with Crippen molar-refractivity contribution in [1.29, 1.82) is 0 Å². The number of nitrogens with zero attached hydrogens (tertiary/aromatic N) is 1. The zero-order valence-electron chi connectivity index (χ0n) is 14.0. The van der Waals surface area contributed by atoms with Crippen LogP contribution in [0.25, 0.3) is 0 Å². The maximum atomic E-state index is 12.3. The Labute approximate surface area is 131 Å². The van der Waals surface area contributed by atoms with Crippen molar-refractivity contribution in [2.75, 3.05) is 31.2 Å². The Morgan fingerprint density at radius 1 is 1.33 bits per heavy atom. The standard InChI is InChI=1S/C15H30N2O3S/c1-6-20-14(18)15(5,16-12(2)3)11-13(4)17-7-9-21(19)10-8-17/h12-13,16H,6-11H2,1-5H3. The summed E-state index contributed by atoms with van der Waals surface area (Å²) in [4.78, 5) is 14.6. The average molecular weight is 318 g/mol. The third-order valence-electron chi connectivity index (χ3n) is 3.87. The summed E-state index contributed by atoms with van der Waals surface area (Å²) in [5.41, 5.74) is -0.680. The van der Waals surface area contributed by atoms with Gasteiger partial charge in [-0.3, -0.25) is 19.2 Å². The molecule has 0 radical (unpaired) electrons. The van der Waals surface area contributed by atoms with Gasteiger partial charge in [0.15, 0.2) is 0 Å². The molecule has 2 unspecified atom stereocenters. The van der Waals surface area contributed by atoms with Crippen molar-refractivity contribution in [3.63, 3.8) is 0 Å². The summed E-state index contributed by atoms with van der Waals surface area (Å²) in [7, 11) is -0.670. The Hall–Kier alpha value is -0.460. The van der Waals surface area contributed by atoms with Crippen LogP contribution in [0, 0.1) is 0 Å². The van der Waals surface area contributed by atoms with Gasteiger partial charge in [-0.05, 0) is 41.0 Å². The minimum absolute atomic E-state index is 0.189. The van der Waals surface area contributed by atoms with Crippen LogP contribution in [0.1, 0.15) is 41.0 Å². The summed E-state index contributed by atoms with van der Waals surface area (Å²) < 4.78 is 16.7. The van der Waals surface area contributed by atoms with Gasteiger partial charge < -0.3 is 4.74 Å². The van der Waals surface area contributed by atoms with E-state index in [0.29, 0.717) is 13.0 Å². The first kappa shape index (κ1) is 18.6. The predicted molar refractivity (Wildman–Crippen MR) is 86.8 cm³/mol. The summed E-state index contributed by atoms with van der Waals surface area (Å²) in [6.45, 7) is 12.0. The van der Waals surface area contributed by atoms with Crippen molar-refractivity contribution in [1.82, 2.24) is 10.2 Å². The van der Waals surface area contributed by atoms with Crippen LogP contribution in [0.3, 0.4) is 0 Å². The van der Waals surface area contributed by atoms with E-state index in [-0.39, 0.29) is 18.1 Å². The minimum Gasteiger partial charge on any atom is -0.465 e. The summed E-state index contributed by atoms with van der Waals surface area (Å²) in [5, 5.41) is 3.36. The molecule has 0 amide bonds. The van der Waals surface area contributed by atoms with Gasteiger partial charge in [-0.25, -0.2) is 0 Å². The smallest absolute Gasteiger partial charge is 0.326 e. The van der Waals surface area contributed by atoms with Gasteiger partial charge in [0.25, 0.3) is 0 Å². The number of esters is 1. The third-order valence-corrected chi connectivity index (χ3v) is 5.15.